The monoisotopic (exact) mass is 260 g/mol. The van der Waals surface area contributed by atoms with Crippen LogP contribution in [0.4, 0.5) is 5.69 Å². The van der Waals surface area contributed by atoms with Crippen LogP contribution in [0.25, 0.3) is 0 Å². The highest BCUT2D eigenvalue weighted by Gasteiger charge is 2.05. The van der Waals surface area contributed by atoms with Crippen LogP contribution in [-0.2, 0) is 20.1 Å². The van der Waals surface area contributed by atoms with E-state index in [0.717, 1.165) is 23.4 Å². The van der Waals surface area contributed by atoms with Crippen molar-refractivity contribution in [3.8, 4) is 0 Å². The third-order valence-electron chi connectivity index (χ3n) is 3.13. The Bertz CT molecular complexity index is 575. The Hall–Kier alpha value is -2.21. The van der Waals surface area contributed by atoms with Crippen molar-refractivity contribution in [1.29, 1.82) is 0 Å². The molecule has 1 aromatic carbocycles. The molecule has 0 aliphatic carbocycles. The first kappa shape index (κ1) is 13.2. The topological polar surface area (TPSA) is 73.0 Å². The fourth-order valence-corrected chi connectivity index (χ4v) is 1.79. The van der Waals surface area contributed by atoms with Crippen molar-refractivity contribution >= 4 is 5.69 Å². The van der Waals surface area contributed by atoms with Crippen molar-refractivity contribution in [3.05, 3.63) is 57.4 Å². The van der Waals surface area contributed by atoms with Crippen molar-refractivity contribution < 1.29 is 4.92 Å². The SMILES string of the molecule is Cc1c(CNCc2ccc([N+](=O)[O-])cc2)cnn1C. The Labute approximate surface area is 111 Å². The lowest BCUT2D eigenvalue weighted by atomic mass is 10.2. The molecular weight excluding hydrogens is 244 g/mol. The van der Waals surface area contributed by atoms with Gasteiger partial charge in [-0.1, -0.05) is 12.1 Å². The molecule has 0 saturated carbocycles. The molecule has 0 saturated heterocycles. The largest absolute Gasteiger partial charge is 0.308 e. The second-order valence-corrected chi connectivity index (χ2v) is 4.41. The molecule has 0 bridgehead atoms. The standard InChI is InChI=1S/C13H16N4O2/c1-10-12(9-15-16(10)2)8-14-7-11-3-5-13(6-4-11)17(18)19/h3-6,9,14H,7-8H2,1-2H3. The van der Waals surface area contributed by atoms with Gasteiger partial charge >= 0.3 is 0 Å². The number of nitrogens with one attached hydrogen (secondary N) is 1. The van der Waals surface area contributed by atoms with E-state index in [1.54, 1.807) is 12.1 Å². The van der Waals surface area contributed by atoms with Gasteiger partial charge in [-0.3, -0.25) is 14.8 Å². The molecule has 0 unspecified atom stereocenters. The predicted octanol–water partition coefficient (Wildman–Crippen LogP) is 1.93. The van der Waals surface area contributed by atoms with E-state index in [0.29, 0.717) is 6.54 Å². The lowest BCUT2D eigenvalue weighted by molar-refractivity contribution is -0.384. The van der Waals surface area contributed by atoms with Gasteiger partial charge in [0.25, 0.3) is 5.69 Å². The van der Waals surface area contributed by atoms with Gasteiger partial charge in [0.2, 0.25) is 0 Å². The van der Waals surface area contributed by atoms with E-state index < -0.39 is 4.92 Å². The van der Waals surface area contributed by atoms with E-state index in [9.17, 15) is 10.1 Å². The van der Waals surface area contributed by atoms with E-state index in [1.807, 2.05) is 24.9 Å². The van der Waals surface area contributed by atoms with Crippen molar-refractivity contribution in [2.24, 2.45) is 7.05 Å². The smallest absolute Gasteiger partial charge is 0.269 e. The average molecular weight is 260 g/mol. The molecule has 1 aromatic heterocycles. The Morgan fingerprint density at radius 2 is 2.00 bits per heavy atom. The van der Waals surface area contributed by atoms with Crippen LogP contribution in [-0.4, -0.2) is 14.7 Å². The molecule has 1 N–H and O–H groups in total. The van der Waals surface area contributed by atoms with Crippen LogP contribution in [0.15, 0.2) is 30.5 Å². The molecule has 100 valence electrons. The van der Waals surface area contributed by atoms with Crippen molar-refractivity contribution in [3.63, 3.8) is 0 Å². The average Bonchev–Trinajstić information content (AvgIpc) is 2.71. The molecular formula is C13H16N4O2. The maximum Gasteiger partial charge on any atom is 0.269 e. The number of hydrogen-bond acceptors (Lipinski definition) is 4. The van der Waals surface area contributed by atoms with Gasteiger partial charge in [0.15, 0.2) is 0 Å². The summed E-state index contributed by atoms with van der Waals surface area (Å²) in [6, 6.07) is 6.57. The second-order valence-electron chi connectivity index (χ2n) is 4.41. The van der Waals surface area contributed by atoms with Gasteiger partial charge in [0.05, 0.1) is 11.1 Å². The van der Waals surface area contributed by atoms with E-state index >= 15 is 0 Å². The first-order chi connectivity index (χ1) is 9.08. The number of non-ortho nitro benzene ring substituents is 1. The van der Waals surface area contributed by atoms with Crippen LogP contribution >= 0.6 is 0 Å². The van der Waals surface area contributed by atoms with Crippen molar-refractivity contribution in [2.45, 2.75) is 20.0 Å². The maximum atomic E-state index is 10.5. The molecule has 0 atom stereocenters. The van der Waals surface area contributed by atoms with Gasteiger partial charge in [0.1, 0.15) is 0 Å². The zero-order chi connectivity index (χ0) is 13.8. The maximum absolute atomic E-state index is 10.5. The quantitative estimate of drug-likeness (QED) is 0.658. The summed E-state index contributed by atoms with van der Waals surface area (Å²) in [5, 5.41) is 18.0. The number of hydrogen-bond donors (Lipinski definition) is 1. The summed E-state index contributed by atoms with van der Waals surface area (Å²) in [7, 11) is 1.91. The third-order valence-corrected chi connectivity index (χ3v) is 3.13. The zero-order valence-electron chi connectivity index (χ0n) is 11.0. The van der Waals surface area contributed by atoms with Crippen LogP contribution in [0.1, 0.15) is 16.8 Å². The molecule has 0 radical (unpaired) electrons. The third kappa shape index (κ3) is 3.17. The number of nitro benzene ring substituents is 1. The Morgan fingerprint density at radius 3 is 2.53 bits per heavy atom. The number of aryl methyl sites for hydroxylation is 1. The summed E-state index contributed by atoms with van der Waals surface area (Å²) in [5.74, 6) is 0. The van der Waals surface area contributed by atoms with Crippen molar-refractivity contribution in [1.82, 2.24) is 15.1 Å². The van der Waals surface area contributed by atoms with Crippen LogP contribution in [0.5, 0.6) is 0 Å². The number of benzene rings is 1. The van der Waals surface area contributed by atoms with E-state index in [1.165, 1.54) is 12.1 Å². The Morgan fingerprint density at radius 1 is 1.32 bits per heavy atom. The van der Waals surface area contributed by atoms with Gasteiger partial charge in [-0.05, 0) is 12.5 Å². The summed E-state index contributed by atoms with van der Waals surface area (Å²) in [6.45, 7) is 3.43. The minimum atomic E-state index is -0.393. The van der Waals surface area contributed by atoms with E-state index in [4.69, 9.17) is 0 Å². The summed E-state index contributed by atoms with van der Waals surface area (Å²) < 4.78 is 1.84. The summed E-state index contributed by atoms with van der Waals surface area (Å²) >= 11 is 0. The van der Waals surface area contributed by atoms with Crippen molar-refractivity contribution in [2.75, 3.05) is 0 Å². The number of nitrogens with zero attached hydrogens (tertiary/aromatic N) is 3. The fraction of sp³-hybridized carbons (Fsp3) is 0.308. The molecule has 2 aromatic rings. The van der Waals surface area contributed by atoms with Gasteiger partial charge in [0, 0.05) is 43.5 Å². The lowest BCUT2D eigenvalue weighted by Gasteiger charge is -2.04. The Balaban J connectivity index is 1.89. The summed E-state index contributed by atoms with van der Waals surface area (Å²) in [6.07, 6.45) is 1.85. The second kappa shape index (κ2) is 5.62. The first-order valence-corrected chi connectivity index (χ1v) is 5.99. The molecule has 1 heterocycles. The molecule has 6 nitrogen and oxygen atoms in total. The predicted molar refractivity (Wildman–Crippen MR) is 71.6 cm³/mol. The zero-order valence-corrected chi connectivity index (χ0v) is 11.0. The van der Waals surface area contributed by atoms with Gasteiger partial charge in [-0.15, -0.1) is 0 Å². The molecule has 19 heavy (non-hydrogen) atoms. The Kier molecular flexibility index (Phi) is 3.91. The number of aromatic nitrogens is 2. The van der Waals surface area contributed by atoms with Gasteiger partial charge in [-0.25, -0.2) is 0 Å². The molecule has 2 rings (SSSR count). The minimum Gasteiger partial charge on any atom is -0.308 e. The number of nitro groups is 1. The highest BCUT2D eigenvalue weighted by atomic mass is 16.6. The molecule has 6 heteroatoms. The van der Waals surface area contributed by atoms with Crippen LogP contribution < -0.4 is 5.32 Å². The van der Waals surface area contributed by atoms with Crippen LogP contribution in [0.2, 0.25) is 0 Å². The highest BCUT2D eigenvalue weighted by Crippen LogP contribution is 2.12. The summed E-state index contributed by atoms with van der Waals surface area (Å²) in [4.78, 5) is 10.1. The summed E-state index contributed by atoms with van der Waals surface area (Å²) in [5.41, 5.74) is 3.43. The normalized spacial score (nSPS) is 10.6. The van der Waals surface area contributed by atoms with Gasteiger partial charge in [-0.2, -0.15) is 5.10 Å². The molecule has 0 aliphatic heterocycles. The lowest BCUT2D eigenvalue weighted by Crippen LogP contribution is -2.13. The molecule has 0 aliphatic rings. The van der Waals surface area contributed by atoms with Crippen LogP contribution in [0, 0.1) is 17.0 Å². The number of rotatable bonds is 5. The molecule has 0 spiro atoms. The molecule has 0 amide bonds. The van der Waals surface area contributed by atoms with E-state index in [2.05, 4.69) is 10.4 Å². The fourth-order valence-electron chi connectivity index (χ4n) is 1.79. The molecule has 0 fully saturated rings. The highest BCUT2D eigenvalue weighted by molar-refractivity contribution is 5.32. The van der Waals surface area contributed by atoms with Gasteiger partial charge < -0.3 is 5.32 Å². The van der Waals surface area contributed by atoms with Crippen LogP contribution in [0.3, 0.4) is 0 Å². The van der Waals surface area contributed by atoms with E-state index in [-0.39, 0.29) is 5.69 Å². The first-order valence-electron chi connectivity index (χ1n) is 5.99. The minimum absolute atomic E-state index is 0.117.